The van der Waals surface area contributed by atoms with E-state index in [4.69, 9.17) is 19.9 Å². The molecule has 1 saturated heterocycles. The molecule has 296 valence electrons. The Morgan fingerprint density at radius 1 is 0.868 bits per heavy atom. The quantitative estimate of drug-likeness (QED) is 0.0548. The predicted octanol–water partition coefficient (Wildman–Crippen LogP) is 0.792. The average Bonchev–Trinajstić information content (AvgIpc) is 3.53. The van der Waals surface area contributed by atoms with E-state index in [1.165, 1.54) is 0 Å². The third-order valence-corrected chi connectivity index (χ3v) is 8.53. The van der Waals surface area contributed by atoms with E-state index < -0.39 is 78.0 Å². The second kappa shape index (κ2) is 24.5. The van der Waals surface area contributed by atoms with Gasteiger partial charge in [-0.05, 0) is 49.3 Å². The van der Waals surface area contributed by atoms with E-state index in [0.29, 0.717) is 31.7 Å². The first-order valence-electron chi connectivity index (χ1n) is 18.3. The molecule has 1 heterocycles. The second-order valence-corrected chi connectivity index (χ2v) is 12.8. The van der Waals surface area contributed by atoms with Gasteiger partial charge >= 0.3 is 12.0 Å². The number of nitrogens with one attached hydrogen (secondary N) is 6. The monoisotopic (exact) mass is 747 g/mol. The van der Waals surface area contributed by atoms with E-state index in [1.54, 1.807) is 19.1 Å². The number of rotatable bonds is 25. The molecule has 0 saturated carbocycles. The molecule has 0 aliphatic carbocycles. The highest BCUT2D eigenvalue weighted by Gasteiger charge is 2.34. The van der Waals surface area contributed by atoms with Gasteiger partial charge in [-0.25, -0.2) is 9.59 Å². The van der Waals surface area contributed by atoms with Crippen molar-refractivity contribution in [3.05, 3.63) is 29.8 Å². The van der Waals surface area contributed by atoms with Crippen LogP contribution in [0.3, 0.4) is 0 Å². The first-order valence-corrected chi connectivity index (χ1v) is 18.3. The summed E-state index contributed by atoms with van der Waals surface area (Å²) in [5.41, 5.74) is 6.77. The minimum Gasteiger partial charge on any atom is -0.464 e. The fourth-order valence-electron chi connectivity index (χ4n) is 5.23. The van der Waals surface area contributed by atoms with Gasteiger partial charge < -0.3 is 51.8 Å². The van der Waals surface area contributed by atoms with Crippen molar-refractivity contribution in [3.63, 3.8) is 0 Å². The minimum atomic E-state index is -1.42. The summed E-state index contributed by atoms with van der Waals surface area (Å²) in [6, 6.07) is 1.99. The fourth-order valence-corrected chi connectivity index (χ4v) is 5.23. The number of benzene rings is 1. The van der Waals surface area contributed by atoms with Crippen LogP contribution in [-0.4, -0.2) is 105 Å². The summed E-state index contributed by atoms with van der Waals surface area (Å²) in [6.45, 7) is 9.10. The van der Waals surface area contributed by atoms with Crippen LogP contribution in [0.15, 0.2) is 24.3 Å². The largest absolute Gasteiger partial charge is 0.464 e. The van der Waals surface area contributed by atoms with E-state index in [2.05, 4.69) is 31.9 Å². The van der Waals surface area contributed by atoms with Crippen molar-refractivity contribution in [3.8, 4) is 0 Å². The molecule has 17 nitrogen and oxygen atoms in total. The summed E-state index contributed by atoms with van der Waals surface area (Å²) in [5, 5.41) is 15.8. The number of hydrogen-bond donors (Lipinski definition) is 7. The van der Waals surface area contributed by atoms with Crippen LogP contribution in [-0.2, 0) is 49.4 Å². The SMILES string of the molecule is CCCOCCOCCC(=O)N[C@@H](CC(=O)N[C@H]1CCOC1=O)C(=O)N[C@H](C(=O)N[C@@H](CCCNC(N)=O)C(=O)Nc1ccc(CC)cc1)C(C)CC. The van der Waals surface area contributed by atoms with Crippen LogP contribution in [0.25, 0.3) is 0 Å². The Labute approximate surface area is 310 Å². The van der Waals surface area contributed by atoms with Crippen molar-refractivity contribution < 1.29 is 47.8 Å². The first-order chi connectivity index (χ1) is 25.4. The number of amides is 7. The number of carbonyl (C=O) groups excluding carboxylic acids is 7. The number of primary amides is 1. The molecule has 1 aliphatic rings. The zero-order valence-corrected chi connectivity index (χ0v) is 31.3. The van der Waals surface area contributed by atoms with Gasteiger partial charge in [0.1, 0.15) is 24.2 Å². The number of hydrogen-bond acceptors (Lipinski definition) is 10. The molecule has 17 heteroatoms. The second-order valence-electron chi connectivity index (χ2n) is 12.8. The summed E-state index contributed by atoms with van der Waals surface area (Å²) in [5.74, 6) is -4.30. The first kappa shape index (κ1) is 44.4. The highest BCUT2D eigenvalue weighted by Crippen LogP contribution is 2.14. The number of anilines is 1. The van der Waals surface area contributed by atoms with Gasteiger partial charge in [-0.1, -0.05) is 46.2 Å². The van der Waals surface area contributed by atoms with Crippen molar-refractivity contribution in [2.24, 2.45) is 11.7 Å². The van der Waals surface area contributed by atoms with E-state index in [-0.39, 0.29) is 45.6 Å². The molecular formula is C36H57N7O10. The molecule has 1 unspecified atom stereocenters. The van der Waals surface area contributed by atoms with Gasteiger partial charge in [-0.2, -0.15) is 0 Å². The Balaban J connectivity index is 2.20. The molecule has 0 aromatic heterocycles. The van der Waals surface area contributed by atoms with Crippen molar-refractivity contribution in [1.29, 1.82) is 0 Å². The van der Waals surface area contributed by atoms with Crippen molar-refractivity contribution in [2.75, 3.05) is 44.9 Å². The van der Waals surface area contributed by atoms with Gasteiger partial charge in [0.15, 0.2) is 0 Å². The third-order valence-electron chi connectivity index (χ3n) is 8.53. The van der Waals surface area contributed by atoms with Gasteiger partial charge in [-0.15, -0.1) is 0 Å². The molecule has 0 spiro atoms. The van der Waals surface area contributed by atoms with Crippen LogP contribution in [0.1, 0.15) is 78.2 Å². The highest BCUT2D eigenvalue weighted by atomic mass is 16.5. The van der Waals surface area contributed by atoms with Gasteiger partial charge in [0.25, 0.3) is 0 Å². The van der Waals surface area contributed by atoms with Crippen LogP contribution < -0.4 is 37.6 Å². The molecule has 0 radical (unpaired) electrons. The molecule has 5 atom stereocenters. The molecule has 7 amide bonds. The molecule has 8 N–H and O–H groups in total. The number of aryl methyl sites for hydroxylation is 1. The molecule has 1 fully saturated rings. The Morgan fingerprint density at radius 2 is 1.57 bits per heavy atom. The lowest BCUT2D eigenvalue weighted by Gasteiger charge is -2.28. The molecule has 1 aliphatic heterocycles. The zero-order chi connectivity index (χ0) is 39.2. The van der Waals surface area contributed by atoms with E-state index in [1.807, 2.05) is 32.9 Å². The van der Waals surface area contributed by atoms with Crippen LogP contribution in [0.5, 0.6) is 0 Å². The topological polar surface area (TPSA) is 245 Å². The number of cyclic esters (lactones) is 1. The maximum absolute atomic E-state index is 13.8. The molecule has 53 heavy (non-hydrogen) atoms. The third kappa shape index (κ3) is 17.1. The number of ether oxygens (including phenoxy) is 3. The molecule has 1 aromatic carbocycles. The van der Waals surface area contributed by atoms with Crippen LogP contribution in [0, 0.1) is 5.92 Å². The lowest BCUT2D eigenvalue weighted by atomic mass is 9.96. The van der Waals surface area contributed by atoms with Crippen LogP contribution >= 0.6 is 0 Å². The zero-order valence-electron chi connectivity index (χ0n) is 31.3. The summed E-state index contributed by atoms with van der Waals surface area (Å²) in [6.07, 6.45) is 2.16. The van der Waals surface area contributed by atoms with Crippen molar-refractivity contribution >= 4 is 47.2 Å². The summed E-state index contributed by atoms with van der Waals surface area (Å²) in [7, 11) is 0. The van der Waals surface area contributed by atoms with E-state index >= 15 is 0 Å². The molecule has 1 aromatic rings. The number of carbonyl (C=O) groups is 7. The number of urea groups is 1. The highest BCUT2D eigenvalue weighted by molar-refractivity contribution is 5.99. The summed E-state index contributed by atoms with van der Waals surface area (Å²) >= 11 is 0. The average molecular weight is 748 g/mol. The Kier molecular flexibility index (Phi) is 20.5. The standard InChI is InChI=1S/C36H57N7O10/c1-5-17-51-20-21-52-18-15-29(44)41-28(22-30(45)40-27-14-19-53-35(27)49)33(47)43-31(23(4)6-2)34(48)42-26(9-8-16-38-36(37)50)32(46)39-25-12-10-24(7-3)11-13-25/h10-13,23,26-28,31H,5-9,14-22H2,1-4H3,(H,39,46)(H,40,45)(H,41,44)(H,42,48)(H,43,47)(H3,37,38,50)/t23?,26-,27-,28-,31-/m0/s1. The lowest BCUT2D eigenvalue weighted by molar-refractivity contribution is -0.141. The maximum atomic E-state index is 13.8. The Hall–Kier alpha value is -4.77. The molecule has 0 bridgehead atoms. The van der Waals surface area contributed by atoms with Crippen LogP contribution in [0.4, 0.5) is 10.5 Å². The lowest BCUT2D eigenvalue weighted by Crippen LogP contribution is -2.58. The van der Waals surface area contributed by atoms with E-state index in [9.17, 15) is 33.6 Å². The summed E-state index contributed by atoms with van der Waals surface area (Å²) < 4.78 is 15.7. The van der Waals surface area contributed by atoms with Gasteiger partial charge in [0.05, 0.1) is 32.8 Å². The van der Waals surface area contributed by atoms with Gasteiger partial charge in [0.2, 0.25) is 29.5 Å². The van der Waals surface area contributed by atoms with Gasteiger partial charge in [0, 0.05) is 31.7 Å². The Morgan fingerprint density at radius 3 is 2.17 bits per heavy atom. The van der Waals surface area contributed by atoms with Crippen molar-refractivity contribution in [1.82, 2.24) is 26.6 Å². The fraction of sp³-hybridized carbons (Fsp3) is 0.639. The predicted molar refractivity (Wildman–Crippen MR) is 195 cm³/mol. The minimum absolute atomic E-state index is 0.0365. The maximum Gasteiger partial charge on any atom is 0.328 e. The normalized spacial score (nSPS) is 15.9. The van der Waals surface area contributed by atoms with E-state index in [0.717, 1.165) is 18.4 Å². The smallest absolute Gasteiger partial charge is 0.328 e. The van der Waals surface area contributed by atoms with Crippen LogP contribution in [0.2, 0.25) is 0 Å². The van der Waals surface area contributed by atoms with Crippen molar-refractivity contribution in [2.45, 2.75) is 103 Å². The Bertz CT molecular complexity index is 1360. The molecular weight excluding hydrogens is 690 g/mol. The summed E-state index contributed by atoms with van der Waals surface area (Å²) in [4.78, 5) is 90.0. The number of nitrogens with two attached hydrogens (primary N) is 1. The van der Waals surface area contributed by atoms with Gasteiger partial charge in [-0.3, -0.25) is 24.0 Å². The number of esters is 1. The molecule has 2 rings (SSSR count).